The second-order valence-electron chi connectivity index (χ2n) is 18.8. The Morgan fingerprint density at radius 1 is 0.969 bits per heavy atom. The average molecular weight is 871 g/mol. The molecule has 1 saturated carbocycles. The highest BCUT2D eigenvalue weighted by atomic mass is 19.1. The molecule has 2 aliphatic heterocycles. The van der Waals surface area contributed by atoms with Gasteiger partial charge in [-0.1, -0.05) is 19.1 Å². The van der Waals surface area contributed by atoms with Crippen LogP contribution in [0.5, 0.6) is 0 Å². The minimum Gasteiger partial charge on any atom is -0.376 e. The van der Waals surface area contributed by atoms with Gasteiger partial charge in [0, 0.05) is 68.1 Å². The Bertz CT molecular complexity index is 3150. The van der Waals surface area contributed by atoms with Crippen LogP contribution in [0.1, 0.15) is 103 Å². The van der Waals surface area contributed by atoms with E-state index in [1.165, 1.54) is 21.5 Å². The summed E-state index contributed by atoms with van der Waals surface area (Å²) in [4.78, 5) is 32.0. The first-order valence-corrected chi connectivity index (χ1v) is 21.8. The molecule has 7 aromatic rings. The molecular formula is C48H52F2N10O4. The van der Waals surface area contributed by atoms with Crippen molar-refractivity contribution in [2.75, 3.05) is 13.2 Å². The summed E-state index contributed by atoms with van der Waals surface area (Å²) in [5.74, 6) is -0.719. The zero-order valence-corrected chi connectivity index (χ0v) is 37.3. The molecule has 4 atom stereocenters. The molecule has 1 amide bonds. The van der Waals surface area contributed by atoms with E-state index in [-0.39, 0.29) is 46.1 Å². The van der Waals surface area contributed by atoms with Crippen molar-refractivity contribution in [3.8, 4) is 17.2 Å². The van der Waals surface area contributed by atoms with Crippen molar-refractivity contribution in [1.29, 1.82) is 5.41 Å². The Kier molecular flexibility index (Phi) is 9.47. The number of carbonyl (C=O) groups is 1. The highest BCUT2D eigenvalue weighted by molar-refractivity contribution is 6.08. The van der Waals surface area contributed by atoms with Crippen molar-refractivity contribution in [1.82, 2.24) is 43.6 Å². The maximum Gasteiger partial charge on any atom is 0.338 e. The van der Waals surface area contributed by atoms with Crippen LogP contribution in [0.4, 0.5) is 8.78 Å². The van der Waals surface area contributed by atoms with E-state index in [1.54, 1.807) is 65.6 Å². The number of nitrogens with zero attached hydrogens (tertiary/aromatic N) is 8. The van der Waals surface area contributed by atoms with Crippen molar-refractivity contribution < 1.29 is 23.5 Å². The third-order valence-electron chi connectivity index (χ3n) is 14.4. The predicted molar refractivity (Wildman–Crippen MR) is 238 cm³/mol. The largest absolute Gasteiger partial charge is 0.376 e. The van der Waals surface area contributed by atoms with Gasteiger partial charge in [0.2, 0.25) is 0 Å². The van der Waals surface area contributed by atoms with Gasteiger partial charge in [0.15, 0.2) is 5.82 Å². The minimum atomic E-state index is -0.926. The zero-order valence-electron chi connectivity index (χ0n) is 37.3. The van der Waals surface area contributed by atoms with Gasteiger partial charge >= 0.3 is 5.69 Å². The number of hydrogen-bond acceptors (Lipinski definition) is 7. The van der Waals surface area contributed by atoms with Crippen LogP contribution in [0.15, 0.2) is 65.8 Å². The number of benzene rings is 3. The highest BCUT2D eigenvalue weighted by Crippen LogP contribution is 2.58. The second kappa shape index (κ2) is 14.6. The Balaban J connectivity index is 1.13. The summed E-state index contributed by atoms with van der Waals surface area (Å²) in [5.41, 5.74) is 6.70. The number of carbonyl (C=O) groups excluding carboxylic acids is 1. The van der Waals surface area contributed by atoms with Gasteiger partial charge in [0.05, 0.1) is 51.2 Å². The van der Waals surface area contributed by atoms with Gasteiger partial charge < -0.3 is 14.2 Å². The normalized spacial score (nSPS) is 21.7. The first kappa shape index (κ1) is 41.6. The molecule has 1 aliphatic carbocycles. The fourth-order valence-corrected chi connectivity index (χ4v) is 10.9. The number of rotatable bonds is 7. The molecule has 0 bridgehead atoms. The Labute approximate surface area is 368 Å². The lowest BCUT2D eigenvalue weighted by Crippen LogP contribution is -2.42. The summed E-state index contributed by atoms with van der Waals surface area (Å²) in [6, 6.07) is 12.3. The van der Waals surface area contributed by atoms with Crippen molar-refractivity contribution in [3.05, 3.63) is 122 Å². The molecule has 1 saturated heterocycles. The predicted octanol–water partition coefficient (Wildman–Crippen LogP) is 7.75. The first-order chi connectivity index (χ1) is 30.5. The molecule has 2 unspecified atom stereocenters. The van der Waals surface area contributed by atoms with E-state index in [9.17, 15) is 10.0 Å². The van der Waals surface area contributed by atoms with Crippen LogP contribution in [-0.2, 0) is 30.7 Å². The highest BCUT2D eigenvalue weighted by Gasteiger charge is 2.59. The fourth-order valence-electron chi connectivity index (χ4n) is 10.9. The van der Waals surface area contributed by atoms with Crippen LogP contribution in [0.25, 0.3) is 39.0 Å². The van der Waals surface area contributed by atoms with Gasteiger partial charge in [-0.3, -0.25) is 34.7 Å². The molecule has 2 fully saturated rings. The molecule has 3 aromatic carbocycles. The molecule has 4 aromatic heterocycles. The van der Waals surface area contributed by atoms with E-state index >= 15 is 13.6 Å². The van der Waals surface area contributed by atoms with E-state index in [0.717, 1.165) is 29.3 Å². The van der Waals surface area contributed by atoms with Gasteiger partial charge in [-0.2, -0.15) is 10.2 Å². The third-order valence-corrected chi connectivity index (χ3v) is 14.4. The first-order valence-electron chi connectivity index (χ1n) is 21.8. The van der Waals surface area contributed by atoms with E-state index in [0.29, 0.717) is 76.7 Å². The molecule has 14 nitrogen and oxygen atoms in total. The number of aromatic nitrogens is 7. The van der Waals surface area contributed by atoms with Crippen molar-refractivity contribution in [2.24, 2.45) is 20.0 Å². The number of aryl methyl sites for hydroxylation is 4. The maximum atomic E-state index is 16.1. The Hall–Kier alpha value is -6.39. The summed E-state index contributed by atoms with van der Waals surface area (Å²) in [6.45, 7) is 12.4. The zero-order chi connectivity index (χ0) is 45.3. The Morgan fingerprint density at radius 2 is 1.69 bits per heavy atom. The van der Waals surface area contributed by atoms with Crippen LogP contribution in [0.3, 0.4) is 0 Å². The maximum absolute atomic E-state index is 16.1. The monoisotopic (exact) mass is 870 g/mol. The molecule has 3 N–H and O–H groups in total. The number of nitrogens with one attached hydrogen (secondary N) is 2. The summed E-state index contributed by atoms with van der Waals surface area (Å²) < 4.78 is 45.0. The lowest BCUT2D eigenvalue weighted by molar-refractivity contribution is -0.0592. The molecule has 0 radical (unpaired) electrons. The number of hydrogen-bond donors (Lipinski definition) is 3. The Morgan fingerprint density at radius 3 is 2.38 bits per heavy atom. The quantitative estimate of drug-likeness (QED) is 0.0842. The molecule has 3 aliphatic rings. The van der Waals surface area contributed by atoms with Crippen LogP contribution in [0, 0.1) is 36.8 Å². The fraction of sp³-hybridized carbons (Fsp3) is 0.396. The minimum absolute atomic E-state index is 0.0368. The molecule has 0 spiro atoms. The third kappa shape index (κ3) is 6.05. The van der Waals surface area contributed by atoms with E-state index in [1.807, 2.05) is 25.5 Å². The number of imidazole rings is 1. The number of amides is 1. The summed E-state index contributed by atoms with van der Waals surface area (Å²) >= 11 is 0. The number of halogens is 2. The van der Waals surface area contributed by atoms with Crippen LogP contribution >= 0.6 is 0 Å². The SMILES string of the molecule is Cc1cc(-n2nc3c(c2-n2ccn(-c4ccc5c(cnn5C)c4F)c2=O)[C@H](C)N(C(=O)c2c(C4(C(=N)NO)C[C@@H]4C)c4ccc(C5CCOC(C)(C)C5)cc4n2C)CC3)cc(C)c1F. The van der Waals surface area contributed by atoms with Gasteiger partial charge in [-0.15, -0.1) is 0 Å². The summed E-state index contributed by atoms with van der Waals surface area (Å²) in [6.07, 6.45) is 7.12. The number of hydroxylamine groups is 1. The standard InChI is InChI=1S/C48H52F2N10O4/c1-25-19-31(20-26(2)40(25)49)60-43(59-17-16-58(46(59)62)36-12-11-35-33(41(36)50)24-52-56(35)8)38-28(4)57(15-13-34(38)53-60)44(61)42-39(48(22-27(48)3)45(51)54-63)32-10-9-29(21-37(32)55(42)7)30-14-18-64-47(5,6)23-30/h9-12,16-17,19-21,24,27-28,30,63H,13-15,18,22-23H2,1-8H3,(H2,51,54)/t27-,28-,30?,48?/m0/s1. The molecular weight excluding hydrogens is 819 g/mol. The molecule has 16 heteroatoms. The van der Waals surface area contributed by atoms with Crippen LogP contribution < -0.4 is 11.2 Å². The number of fused-ring (bicyclic) bond motifs is 3. The van der Waals surface area contributed by atoms with E-state index in [2.05, 4.69) is 42.6 Å². The number of amidine groups is 1. The van der Waals surface area contributed by atoms with Gasteiger partial charge in [0.25, 0.3) is 5.91 Å². The van der Waals surface area contributed by atoms with E-state index < -0.39 is 23.0 Å². The molecule has 332 valence electrons. The smallest absolute Gasteiger partial charge is 0.338 e. The van der Waals surface area contributed by atoms with Gasteiger partial charge in [-0.25, -0.2) is 18.3 Å². The van der Waals surface area contributed by atoms with Crippen LogP contribution in [-0.4, -0.2) is 73.9 Å². The van der Waals surface area contributed by atoms with Gasteiger partial charge in [-0.05, 0) is 113 Å². The molecule has 64 heavy (non-hydrogen) atoms. The number of ether oxygens (including phenoxy) is 1. The van der Waals surface area contributed by atoms with Crippen molar-refractivity contribution in [3.63, 3.8) is 0 Å². The van der Waals surface area contributed by atoms with E-state index in [4.69, 9.17) is 15.2 Å². The summed E-state index contributed by atoms with van der Waals surface area (Å²) in [5, 5.41) is 29.6. The average Bonchev–Trinajstić information content (AvgIpc) is 3.63. The van der Waals surface area contributed by atoms with Gasteiger partial charge in [0.1, 0.15) is 23.2 Å². The lowest BCUT2D eigenvalue weighted by Gasteiger charge is -2.35. The second-order valence-corrected chi connectivity index (χ2v) is 18.8. The molecule has 10 rings (SSSR count). The lowest BCUT2D eigenvalue weighted by atomic mass is 9.82. The topological polar surface area (TPSA) is 153 Å². The molecule has 6 heterocycles. The van der Waals surface area contributed by atoms with Crippen molar-refractivity contribution in [2.45, 2.75) is 90.2 Å². The summed E-state index contributed by atoms with van der Waals surface area (Å²) in [7, 11) is 3.61. The van der Waals surface area contributed by atoms with Crippen LogP contribution in [0.2, 0.25) is 0 Å². The van der Waals surface area contributed by atoms with Crippen molar-refractivity contribution >= 4 is 33.5 Å².